The number of hydrogen-bond acceptors (Lipinski definition) is 3. The van der Waals surface area contributed by atoms with E-state index in [9.17, 15) is 14.0 Å². The normalized spacial score (nSPS) is 15.2. The second kappa shape index (κ2) is 7.80. The Kier molecular flexibility index (Phi) is 5.67. The molecule has 0 spiro atoms. The lowest BCUT2D eigenvalue weighted by Crippen LogP contribution is -2.35. The highest BCUT2D eigenvalue weighted by Gasteiger charge is 2.19. The van der Waals surface area contributed by atoms with Gasteiger partial charge < -0.3 is 5.32 Å². The number of amides is 1. The fourth-order valence-electron chi connectivity index (χ4n) is 3.10. The highest BCUT2D eigenvalue weighted by atomic mass is 35.5. The topological polar surface area (TPSA) is 68.9 Å². The van der Waals surface area contributed by atoms with Crippen LogP contribution in [0.25, 0.3) is 0 Å². The van der Waals surface area contributed by atoms with E-state index in [1.54, 1.807) is 11.5 Å². The zero-order chi connectivity index (χ0) is 18.8. The fraction of sp³-hybridized carbons (Fsp3) is 0.471. The predicted octanol–water partition coefficient (Wildman–Crippen LogP) is 3.09. The molecule has 1 atom stereocenters. The molecule has 0 fully saturated rings. The van der Waals surface area contributed by atoms with E-state index in [-0.39, 0.29) is 22.3 Å². The van der Waals surface area contributed by atoms with E-state index in [4.69, 9.17) is 23.2 Å². The van der Waals surface area contributed by atoms with Gasteiger partial charge >= 0.3 is 5.69 Å². The molecule has 0 aliphatic carbocycles. The molecule has 1 amide bonds. The van der Waals surface area contributed by atoms with E-state index in [0.29, 0.717) is 12.1 Å². The third kappa shape index (κ3) is 3.94. The number of fused-ring (bicyclic) bond motifs is 1. The van der Waals surface area contributed by atoms with E-state index in [0.717, 1.165) is 31.5 Å². The molecule has 26 heavy (non-hydrogen) atoms. The molecule has 3 rings (SSSR count). The predicted molar refractivity (Wildman–Crippen MR) is 97.0 cm³/mol. The standard InChI is InChI=1S/C17H19Cl2FN4O2/c1-10(11-7-14(20)13(19)8-12(11)18)21-16(25)9-24-17(26)23-6-4-2-3-5-15(23)22-24/h7-8,10H,2-6,9H2,1H3,(H,21,25). The van der Waals surface area contributed by atoms with Gasteiger partial charge in [-0.3, -0.25) is 9.36 Å². The smallest absolute Gasteiger partial charge is 0.346 e. The number of rotatable bonds is 4. The maximum absolute atomic E-state index is 13.7. The maximum atomic E-state index is 13.7. The first-order chi connectivity index (χ1) is 12.4. The van der Waals surface area contributed by atoms with Gasteiger partial charge in [0.1, 0.15) is 18.2 Å². The van der Waals surface area contributed by atoms with Gasteiger partial charge in [0, 0.05) is 18.0 Å². The maximum Gasteiger partial charge on any atom is 0.346 e. The molecular weight excluding hydrogens is 382 g/mol. The molecule has 1 N–H and O–H groups in total. The number of carbonyl (C=O) groups is 1. The van der Waals surface area contributed by atoms with E-state index >= 15 is 0 Å². The van der Waals surface area contributed by atoms with Gasteiger partial charge in [0.15, 0.2) is 0 Å². The SMILES string of the molecule is CC(NC(=O)Cn1nc2n(c1=O)CCCCC2)c1cc(F)c(Cl)cc1Cl. The lowest BCUT2D eigenvalue weighted by molar-refractivity contribution is -0.122. The number of benzene rings is 1. The minimum Gasteiger partial charge on any atom is -0.348 e. The van der Waals surface area contributed by atoms with Gasteiger partial charge in [-0.15, -0.1) is 0 Å². The van der Waals surface area contributed by atoms with Crippen LogP contribution in [0.5, 0.6) is 0 Å². The fourth-order valence-corrected chi connectivity index (χ4v) is 3.65. The summed E-state index contributed by atoms with van der Waals surface area (Å²) in [5.74, 6) is -0.295. The molecule has 9 heteroatoms. The first kappa shape index (κ1) is 18.9. The van der Waals surface area contributed by atoms with Crippen LogP contribution in [0.3, 0.4) is 0 Å². The van der Waals surface area contributed by atoms with Crippen molar-refractivity contribution in [3.8, 4) is 0 Å². The molecule has 1 aliphatic rings. The average Bonchev–Trinajstić information content (AvgIpc) is 2.75. The largest absolute Gasteiger partial charge is 0.348 e. The third-order valence-electron chi connectivity index (χ3n) is 4.46. The van der Waals surface area contributed by atoms with Crippen molar-refractivity contribution in [1.82, 2.24) is 19.7 Å². The molecule has 0 radical (unpaired) electrons. The molecule has 1 unspecified atom stereocenters. The number of aryl methyl sites for hydroxylation is 1. The molecular formula is C17H19Cl2FN4O2. The lowest BCUT2D eigenvalue weighted by Gasteiger charge is -2.16. The van der Waals surface area contributed by atoms with Gasteiger partial charge in [0.05, 0.1) is 11.1 Å². The molecule has 1 aromatic carbocycles. The van der Waals surface area contributed by atoms with Crippen molar-refractivity contribution in [2.24, 2.45) is 0 Å². The Morgan fingerprint density at radius 3 is 2.85 bits per heavy atom. The second-order valence-electron chi connectivity index (χ2n) is 6.40. The van der Waals surface area contributed by atoms with Crippen LogP contribution >= 0.6 is 23.2 Å². The number of aromatic nitrogens is 3. The summed E-state index contributed by atoms with van der Waals surface area (Å²) < 4.78 is 16.5. The van der Waals surface area contributed by atoms with E-state index in [1.165, 1.54) is 16.8 Å². The molecule has 0 saturated carbocycles. The van der Waals surface area contributed by atoms with Gasteiger partial charge in [-0.05, 0) is 37.5 Å². The zero-order valence-corrected chi connectivity index (χ0v) is 15.8. The first-order valence-corrected chi connectivity index (χ1v) is 9.22. The minimum atomic E-state index is -0.610. The summed E-state index contributed by atoms with van der Waals surface area (Å²) in [4.78, 5) is 24.7. The van der Waals surface area contributed by atoms with Crippen LogP contribution in [0, 0.1) is 5.82 Å². The Morgan fingerprint density at radius 1 is 1.31 bits per heavy atom. The molecule has 1 aliphatic heterocycles. The van der Waals surface area contributed by atoms with Crippen LogP contribution in [0.2, 0.25) is 10.0 Å². The summed E-state index contributed by atoms with van der Waals surface area (Å²) in [6, 6.07) is 1.95. The lowest BCUT2D eigenvalue weighted by atomic mass is 10.1. The van der Waals surface area contributed by atoms with Gasteiger partial charge in [-0.1, -0.05) is 29.6 Å². The Bertz CT molecular complexity index is 894. The van der Waals surface area contributed by atoms with Crippen LogP contribution in [0.4, 0.5) is 4.39 Å². The van der Waals surface area contributed by atoms with Crippen molar-refractivity contribution in [1.29, 1.82) is 0 Å². The second-order valence-corrected chi connectivity index (χ2v) is 7.21. The van der Waals surface area contributed by atoms with Crippen molar-refractivity contribution in [3.63, 3.8) is 0 Å². The zero-order valence-electron chi connectivity index (χ0n) is 14.3. The Balaban J connectivity index is 1.71. The van der Waals surface area contributed by atoms with Crippen molar-refractivity contribution in [2.75, 3.05) is 0 Å². The third-order valence-corrected chi connectivity index (χ3v) is 5.08. The van der Waals surface area contributed by atoms with Gasteiger partial charge in [0.25, 0.3) is 0 Å². The average molecular weight is 401 g/mol. The minimum absolute atomic E-state index is 0.0802. The molecule has 2 aromatic rings. The monoisotopic (exact) mass is 400 g/mol. The van der Waals surface area contributed by atoms with E-state index in [2.05, 4.69) is 10.4 Å². The number of carbonyl (C=O) groups excluding carboxylic acids is 1. The van der Waals surface area contributed by atoms with E-state index < -0.39 is 17.8 Å². The highest BCUT2D eigenvalue weighted by molar-refractivity contribution is 6.35. The van der Waals surface area contributed by atoms with Crippen molar-refractivity contribution < 1.29 is 9.18 Å². The number of halogens is 3. The molecule has 0 bridgehead atoms. The van der Waals surface area contributed by atoms with Crippen LogP contribution in [0.1, 0.15) is 43.6 Å². The summed E-state index contributed by atoms with van der Waals surface area (Å²) in [5.41, 5.74) is 0.134. The molecule has 1 aromatic heterocycles. The van der Waals surface area contributed by atoms with Gasteiger partial charge in [0.2, 0.25) is 5.91 Å². The van der Waals surface area contributed by atoms with Crippen molar-refractivity contribution >= 4 is 29.1 Å². The summed E-state index contributed by atoms with van der Waals surface area (Å²) in [6.07, 6.45) is 3.72. The van der Waals surface area contributed by atoms with Crippen molar-refractivity contribution in [3.05, 3.63) is 49.9 Å². The molecule has 0 saturated heterocycles. The summed E-state index contributed by atoms with van der Waals surface area (Å²) in [5, 5.41) is 7.17. The van der Waals surface area contributed by atoms with E-state index in [1.807, 2.05) is 0 Å². The van der Waals surface area contributed by atoms with Crippen LogP contribution in [0.15, 0.2) is 16.9 Å². The number of hydrogen-bond donors (Lipinski definition) is 1. The number of nitrogens with one attached hydrogen (secondary N) is 1. The highest BCUT2D eigenvalue weighted by Crippen LogP contribution is 2.28. The summed E-state index contributed by atoms with van der Waals surface area (Å²) in [7, 11) is 0. The van der Waals surface area contributed by atoms with Crippen LogP contribution in [-0.4, -0.2) is 20.3 Å². The molecule has 140 valence electrons. The number of nitrogens with zero attached hydrogens (tertiary/aromatic N) is 3. The summed E-state index contributed by atoms with van der Waals surface area (Å²) >= 11 is 11.8. The van der Waals surface area contributed by atoms with Gasteiger partial charge in [-0.2, -0.15) is 5.10 Å². The molecule has 6 nitrogen and oxygen atoms in total. The van der Waals surface area contributed by atoms with Crippen LogP contribution in [-0.2, 0) is 24.3 Å². The quantitative estimate of drug-likeness (QED) is 0.801. The molecule has 2 heterocycles. The van der Waals surface area contributed by atoms with Gasteiger partial charge in [-0.25, -0.2) is 13.9 Å². The Hall–Kier alpha value is -1.86. The Morgan fingerprint density at radius 2 is 2.08 bits per heavy atom. The van der Waals surface area contributed by atoms with Crippen LogP contribution < -0.4 is 11.0 Å². The summed E-state index contributed by atoms with van der Waals surface area (Å²) in [6.45, 7) is 2.11. The van der Waals surface area contributed by atoms with Crippen molar-refractivity contribution in [2.45, 2.75) is 51.7 Å². The Labute approximate surface area is 159 Å². The first-order valence-electron chi connectivity index (χ1n) is 8.47.